The highest BCUT2D eigenvalue weighted by Crippen LogP contribution is 2.31. The van der Waals surface area contributed by atoms with Gasteiger partial charge in [-0.3, -0.25) is 4.79 Å². The summed E-state index contributed by atoms with van der Waals surface area (Å²) in [7, 11) is 0. The number of aromatic hydroxyl groups is 1. The Morgan fingerprint density at radius 1 is 0.958 bits per heavy atom. The lowest BCUT2D eigenvalue weighted by molar-refractivity contribution is 0.0974. The lowest BCUT2D eigenvalue weighted by atomic mass is 10.0. The summed E-state index contributed by atoms with van der Waals surface area (Å²) in [6.07, 6.45) is 9.33. The molecule has 1 aromatic carbocycles. The van der Waals surface area contributed by atoms with Crippen molar-refractivity contribution in [2.45, 2.75) is 71.1 Å². The summed E-state index contributed by atoms with van der Waals surface area (Å²) in [4.78, 5) is 22.7. The van der Waals surface area contributed by atoms with Gasteiger partial charge in [-0.1, -0.05) is 64.4 Å². The number of hydrogen-bond donors (Lipinski definition) is 2. The van der Waals surface area contributed by atoms with E-state index in [0.29, 0.717) is 6.42 Å². The van der Waals surface area contributed by atoms with Crippen LogP contribution in [-0.4, -0.2) is 22.2 Å². The van der Waals surface area contributed by atoms with E-state index in [2.05, 4.69) is 11.7 Å². The van der Waals surface area contributed by atoms with Gasteiger partial charge in [0.05, 0.1) is 5.56 Å². The van der Waals surface area contributed by atoms with Gasteiger partial charge in [-0.25, -0.2) is 4.79 Å². The van der Waals surface area contributed by atoms with E-state index in [1.165, 1.54) is 56.7 Å². The Morgan fingerprint density at radius 2 is 1.54 bits per heavy atom. The number of carbonyl (C=O) groups excluding carboxylic acids is 1. The van der Waals surface area contributed by atoms with Crippen molar-refractivity contribution >= 4 is 11.9 Å². The highest BCUT2D eigenvalue weighted by atomic mass is 16.7. The molecule has 0 atom stereocenters. The number of phenolic OH excluding ortho intramolecular Hbond substituents is 1. The molecule has 0 amide bonds. The van der Waals surface area contributed by atoms with Gasteiger partial charge in [0.2, 0.25) is 0 Å². The molecule has 0 saturated carbocycles. The van der Waals surface area contributed by atoms with E-state index in [-0.39, 0.29) is 17.1 Å². The lowest BCUT2D eigenvalue weighted by Crippen LogP contribution is -2.05. The summed E-state index contributed by atoms with van der Waals surface area (Å²) in [5.41, 5.74) is 0.119. The normalized spacial score (nSPS) is 10.5. The Morgan fingerprint density at radius 3 is 2.12 bits per heavy atom. The molecule has 0 unspecified atom stereocenters. The highest BCUT2D eigenvalue weighted by molar-refractivity contribution is 5.99. The monoisotopic (exact) mass is 336 g/mol. The number of hydrogen-bond acceptors (Lipinski definition) is 4. The number of Topliss-reactive ketones (excluding diaryl/α,β-unsaturated/α-hetero) is 1. The van der Waals surface area contributed by atoms with Crippen LogP contribution in [0, 0.1) is 0 Å². The van der Waals surface area contributed by atoms with Crippen molar-refractivity contribution in [1.82, 2.24) is 0 Å². The summed E-state index contributed by atoms with van der Waals surface area (Å²) in [6, 6.07) is 4.31. The van der Waals surface area contributed by atoms with Crippen molar-refractivity contribution in [2.75, 3.05) is 0 Å². The smallest absolute Gasteiger partial charge is 0.504 e. The van der Waals surface area contributed by atoms with Gasteiger partial charge in [0.1, 0.15) is 0 Å². The van der Waals surface area contributed by atoms with Crippen molar-refractivity contribution in [3.63, 3.8) is 0 Å². The molecule has 0 fully saturated rings. The van der Waals surface area contributed by atoms with Gasteiger partial charge in [0.25, 0.3) is 0 Å². The first-order chi connectivity index (χ1) is 11.6. The van der Waals surface area contributed by atoms with E-state index in [1.807, 2.05) is 0 Å². The van der Waals surface area contributed by atoms with Crippen molar-refractivity contribution < 1.29 is 24.5 Å². The van der Waals surface area contributed by atoms with Gasteiger partial charge in [-0.15, -0.1) is 0 Å². The number of benzene rings is 1. The van der Waals surface area contributed by atoms with Crippen LogP contribution in [0.2, 0.25) is 0 Å². The number of carboxylic acid groups (broad SMARTS) is 1. The van der Waals surface area contributed by atoms with Gasteiger partial charge in [0, 0.05) is 6.42 Å². The average Bonchev–Trinajstić information content (AvgIpc) is 2.54. The number of ketones is 1. The van der Waals surface area contributed by atoms with Crippen LogP contribution in [0.15, 0.2) is 18.2 Å². The summed E-state index contributed by atoms with van der Waals surface area (Å²) < 4.78 is 4.45. The van der Waals surface area contributed by atoms with E-state index in [4.69, 9.17) is 5.11 Å². The summed E-state index contributed by atoms with van der Waals surface area (Å²) >= 11 is 0. The Hall–Kier alpha value is -2.04. The Bertz CT molecular complexity index is 524. The van der Waals surface area contributed by atoms with Crippen molar-refractivity contribution in [2.24, 2.45) is 0 Å². The lowest BCUT2D eigenvalue weighted by Gasteiger charge is -2.08. The molecule has 5 nitrogen and oxygen atoms in total. The minimum atomic E-state index is -1.52. The maximum absolute atomic E-state index is 12.1. The van der Waals surface area contributed by atoms with Crippen LogP contribution in [0.1, 0.15) is 81.5 Å². The average molecular weight is 336 g/mol. The standard InChI is InChI=1S/C19H28O5/c1-2-3-4-5-6-7-8-9-10-13-16(20)15-12-11-14-17(18(15)21)24-19(22)23/h11-12,14,21H,2-10,13H2,1H3,(H,22,23). The van der Waals surface area contributed by atoms with E-state index >= 15 is 0 Å². The van der Waals surface area contributed by atoms with E-state index < -0.39 is 11.9 Å². The molecule has 24 heavy (non-hydrogen) atoms. The third kappa shape index (κ3) is 7.49. The summed E-state index contributed by atoms with van der Waals surface area (Å²) in [5.74, 6) is -0.799. The molecular formula is C19H28O5. The zero-order valence-electron chi connectivity index (χ0n) is 14.4. The number of rotatable bonds is 12. The first-order valence-electron chi connectivity index (χ1n) is 8.82. The molecule has 0 saturated heterocycles. The van der Waals surface area contributed by atoms with Crippen LogP contribution in [0.3, 0.4) is 0 Å². The van der Waals surface area contributed by atoms with Gasteiger partial charge < -0.3 is 14.9 Å². The fraction of sp³-hybridized carbons (Fsp3) is 0.579. The minimum Gasteiger partial charge on any atom is -0.504 e. The molecule has 1 aromatic rings. The number of carbonyl (C=O) groups is 2. The molecule has 0 bridgehead atoms. The highest BCUT2D eigenvalue weighted by Gasteiger charge is 2.16. The van der Waals surface area contributed by atoms with Gasteiger partial charge in [-0.05, 0) is 18.6 Å². The van der Waals surface area contributed by atoms with Crippen molar-refractivity contribution in [3.05, 3.63) is 23.8 Å². The van der Waals surface area contributed by atoms with Crippen LogP contribution in [0.4, 0.5) is 4.79 Å². The summed E-state index contributed by atoms with van der Waals surface area (Å²) in [6.45, 7) is 2.21. The van der Waals surface area contributed by atoms with Crippen LogP contribution in [-0.2, 0) is 0 Å². The predicted molar refractivity (Wildman–Crippen MR) is 92.9 cm³/mol. The largest absolute Gasteiger partial charge is 0.511 e. The summed E-state index contributed by atoms with van der Waals surface area (Å²) in [5, 5.41) is 18.5. The van der Waals surface area contributed by atoms with Crippen LogP contribution >= 0.6 is 0 Å². The third-order valence-electron chi connectivity index (χ3n) is 4.00. The first-order valence-corrected chi connectivity index (χ1v) is 8.82. The zero-order valence-corrected chi connectivity index (χ0v) is 14.4. The number of ether oxygens (including phenoxy) is 1. The van der Waals surface area contributed by atoms with E-state index in [0.717, 1.165) is 19.3 Å². The molecule has 1 rings (SSSR count). The predicted octanol–water partition coefficient (Wildman–Crippen LogP) is 5.55. The number of phenols is 1. The molecule has 0 spiro atoms. The van der Waals surface area contributed by atoms with Gasteiger partial charge in [-0.2, -0.15) is 0 Å². The Balaban J connectivity index is 2.29. The van der Waals surface area contributed by atoms with Crippen molar-refractivity contribution in [3.8, 4) is 11.5 Å². The second kappa shape index (κ2) is 11.5. The van der Waals surface area contributed by atoms with Crippen LogP contribution in [0.5, 0.6) is 11.5 Å². The van der Waals surface area contributed by atoms with Crippen LogP contribution < -0.4 is 4.74 Å². The molecular weight excluding hydrogens is 308 g/mol. The second-order valence-corrected chi connectivity index (χ2v) is 6.02. The molecule has 0 aliphatic heterocycles. The van der Waals surface area contributed by atoms with Crippen LogP contribution in [0.25, 0.3) is 0 Å². The molecule has 0 aromatic heterocycles. The molecule has 0 aliphatic carbocycles. The SMILES string of the molecule is CCCCCCCCCCCC(=O)c1cccc(OC(=O)O)c1O. The molecule has 0 aliphatic rings. The minimum absolute atomic E-state index is 0.119. The molecule has 2 N–H and O–H groups in total. The second-order valence-electron chi connectivity index (χ2n) is 6.02. The number of para-hydroxylation sites is 1. The van der Waals surface area contributed by atoms with Gasteiger partial charge in [0.15, 0.2) is 17.3 Å². The fourth-order valence-corrected chi connectivity index (χ4v) is 2.65. The molecule has 134 valence electrons. The Labute approximate surface area is 143 Å². The molecule has 5 heteroatoms. The van der Waals surface area contributed by atoms with Gasteiger partial charge >= 0.3 is 6.16 Å². The maximum Gasteiger partial charge on any atom is 0.511 e. The Kier molecular flexibility index (Phi) is 9.58. The zero-order chi connectivity index (χ0) is 17.8. The maximum atomic E-state index is 12.1. The molecule has 0 radical (unpaired) electrons. The third-order valence-corrected chi connectivity index (χ3v) is 4.00. The number of unbranched alkanes of at least 4 members (excludes halogenated alkanes) is 8. The van der Waals surface area contributed by atoms with E-state index in [9.17, 15) is 14.7 Å². The quantitative estimate of drug-likeness (QED) is 0.226. The topological polar surface area (TPSA) is 83.8 Å². The fourth-order valence-electron chi connectivity index (χ4n) is 2.65. The molecule has 0 heterocycles. The van der Waals surface area contributed by atoms with E-state index in [1.54, 1.807) is 0 Å². The first kappa shape index (κ1) is 20.0. The van der Waals surface area contributed by atoms with Crippen molar-refractivity contribution in [1.29, 1.82) is 0 Å².